The minimum absolute atomic E-state index is 0.0273. The Morgan fingerprint density at radius 2 is 1.84 bits per heavy atom. The van der Waals surface area contributed by atoms with Gasteiger partial charge in [0.1, 0.15) is 34.0 Å². The number of carbonyl (C=O) groups is 3. The molecule has 2 aliphatic rings. The van der Waals surface area contributed by atoms with E-state index in [-0.39, 0.29) is 63.9 Å². The van der Waals surface area contributed by atoms with Crippen molar-refractivity contribution in [1.29, 1.82) is 0 Å². The number of aromatic nitrogens is 2. The third kappa shape index (κ3) is 3.44. The maximum atomic E-state index is 13.8. The number of phenolic OH excluding ortho intramolecular Hbond substituents is 2. The molecule has 5 rings (SSSR count). The Morgan fingerprint density at radius 1 is 1.13 bits per heavy atom. The van der Waals surface area contributed by atoms with Gasteiger partial charge in [0.15, 0.2) is 17.3 Å². The number of hydrogen-bond acceptors (Lipinski definition) is 9. The van der Waals surface area contributed by atoms with Crippen LogP contribution in [-0.2, 0) is 21.5 Å². The van der Waals surface area contributed by atoms with E-state index in [1.807, 2.05) is 0 Å². The van der Waals surface area contributed by atoms with Gasteiger partial charge < -0.3 is 20.3 Å². The number of ether oxygens (including phenoxy) is 1. The summed E-state index contributed by atoms with van der Waals surface area (Å²) in [4.78, 5) is 56.2. The summed E-state index contributed by atoms with van der Waals surface area (Å²) < 4.78 is 7.21. The van der Waals surface area contributed by atoms with Crippen LogP contribution in [-0.4, -0.2) is 43.7 Å². The van der Waals surface area contributed by atoms with E-state index in [1.54, 1.807) is 31.2 Å². The molecule has 10 nitrogen and oxygen atoms in total. The predicted octanol–water partition coefficient (Wildman–Crippen LogP) is 2.57. The Morgan fingerprint density at radius 3 is 2.55 bits per heavy atom. The number of para-hydroxylation sites is 1. The summed E-state index contributed by atoms with van der Waals surface area (Å²) in [7, 11) is 0. The molecule has 2 aromatic carbocycles. The van der Waals surface area contributed by atoms with Crippen molar-refractivity contribution in [2.45, 2.75) is 39.7 Å². The number of phenols is 2. The first kappa shape index (κ1) is 24.9. The second-order valence-electron chi connectivity index (χ2n) is 9.57. The molecule has 38 heavy (non-hydrogen) atoms. The first-order chi connectivity index (χ1) is 18.0. The Hall–Kier alpha value is -4.73. The Labute approximate surface area is 216 Å². The minimum atomic E-state index is -1.59. The lowest BCUT2D eigenvalue weighted by molar-refractivity contribution is -0.123. The summed E-state index contributed by atoms with van der Waals surface area (Å²) in [6.45, 7) is 6.20. The molecule has 0 amide bonds. The summed E-state index contributed by atoms with van der Waals surface area (Å²) in [6, 6.07) is 7.01. The van der Waals surface area contributed by atoms with E-state index in [4.69, 9.17) is 4.74 Å². The molecular formula is C28H25N3O7. The van der Waals surface area contributed by atoms with Gasteiger partial charge in [0.25, 0.3) is 5.56 Å². The molecule has 0 radical (unpaired) electrons. The van der Waals surface area contributed by atoms with Crippen molar-refractivity contribution in [1.82, 2.24) is 14.9 Å². The third-order valence-corrected chi connectivity index (χ3v) is 7.23. The van der Waals surface area contributed by atoms with E-state index in [1.165, 1.54) is 31.7 Å². The maximum Gasteiger partial charge on any atom is 0.261 e. The molecule has 0 fully saturated rings. The number of nitrogens with one attached hydrogen (secondary N) is 1. The number of allylic oxidation sites excluding steroid dienone is 4. The Bertz CT molecular complexity index is 1710. The number of carbonyl (C=O) groups excluding carboxylic acids is 3. The summed E-state index contributed by atoms with van der Waals surface area (Å²) >= 11 is 0. The summed E-state index contributed by atoms with van der Waals surface area (Å²) in [5.41, 5.74) is -1.16. The van der Waals surface area contributed by atoms with Crippen molar-refractivity contribution >= 4 is 28.3 Å². The number of Topliss-reactive ketones (excluding diaryl/α,β-unsaturated/α-hetero) is 2. The summed E-state index contributed by atoms with van der Waals surface area (Å²) in [6.07, 6.45) is 2.61. The highest BCUT2D eigenvalue weighted by molar-refractivity contribution is 6.31. The van der Waals surface area contributed by atoms with Crippen molar-refractivity contribution < 1.29 is 29.3 Å². The van der Waals surface area contributed by atoms with Crippen LogP contribution in [0.25, 0.3) is 10.9 Å². The van der Waals surface area contributed by atoms with Crippen LogP contribution in [0.4, 0.5) is 0 Å². The lowest BCUT2D eigenvalue weighted by Gasteiger charge is -2.29. The number of fused-ring (bicyclic) bond motifs is 4. The highest BCUT2D eigenvalue weighted by atomic mass is 16.5. The molecule has 194 valence electrons. The van der Waals surface area contributed by atoms with E-state index in [0.717, 1.165) is 6.08 Å². The highest BCUT2D eigenvalue weighted by Crippen LogP contribution is 2.57. The van der Waals surface area contributed by atoms with Crippen LogP contribution < -0.4 is 15.6 Å². The van der Waals surface area contributed by atoms with E-state index >= 15 is 0 Å². The summed E-state index contributed by atoms with van der Waals surface area (Å²) in [5, 5.41) is 24.9. The molecule has 1 aliphatic heterocycles. The molecule has 0 unspecified atom stereocenters. The lowest BCUT2D eigenvalue weighted by atomic mass is 9.70. The van der Waals surface area contributed by atoms with Crippen LogP contribution in [0.15, 0.2) is 58.5 Å². The molecule has 1 aromatic heterocycles. The normalized spacial score (nSPS) is 19.5. The van der Waals surface area contributed by atoms with Crippen molar-refractivity contribution in [2.24, 2.45) is 0 Å². The third-order valence-electron chi connectivity index (χ3n) is 7.23. The molecule has 2 heterocycles. The first-order valence-corrected chi connectivity index (χ1v) is 12.0. The number of rotatable bonds is 5. The fourth-order valence-electron chi connectivity index (χ4n) is 5.08. The van der Waals surface area contributed by atoms with E-state index in [9.17, 15) is 29.4 Å². The molecule has 3 N–H and O–H groups in total. The highest BCUT2D eigenvalue weighted by Gasteiger charge is 2.56. The van der Waals surface area contributed by atoms with Crippen molar-refractivity contribution in [3.8, 4) is 17.2 Å². The van der Waals surface area contributed by atoms with Gasteiger partial charge in [-0.1, -0.05) is 12.1 Å². The average Bonchev–Trinajstić information content (AvgIpc) is 3.17. The first-order valence-electron chi connectivity index (χ1n) is 12.0. The zero-order valence-electron chi connectivity index (χ0n) is 21.2. The minimum Gasteiger partial charge on any atom is -0.507 e. The quantitative estimate of drug-likeness (QED) is 0.265. The lowest BCUT2D eigenvalue weighted by Crippen LogP contribution is -2.41. The Balaban J connectivity index is 1.49. The Kier molecular flexibility index (Phi) is 5.70. The average molecular weight is 516 g/mol. The summed E-state index contributed by atoms with van der Waals surface area (Å²) in [5.74, 6) is -2.74. The van der Waals surface area contributed by atoms with Gasteiger partial charge in [0.05, 0.1) is 28.4 Å². The van der Waals surface area contributed by atoms with Gasteiger partial charge in [-0.2, -0.15) is 0 Å². The van der Waals surface area contributed by atoms with E-state index in [0.29, 0.717) is 10.9 Å². The van der Waals surface area contributed by atoms with Crippen LogP contribution in [0, 0.1) is 6.92 Å². The van der Waals surface area contributed by atoms with Crippen molar-refractivity contribution in [3.05, 3.63) is 80.7 Å². The van der Waals surface area contributed by atoms with Gasteiger partial charge in [-0.3, -0.25) is 23.7 Å². The number of benzene rings is 2. The smallest absolute Gasteiger partial charge is 0.261 e. The topological polar surface area (TPSA) is 148 Å². The van der Waals surface area contributed by atoms with Gasteiger partial charge >= 0.3 is 0 Å². The second kappa shape index (κ2) is 8.69. The fraction of sp³-hybridized carbons (Fsp3) is 0.250. The van der Waals surface area contributed by atoms with E-state index < -0.39 is 28.5 Å². The number of nitrogens with zero attached hydrogens (tertiary/aromatic N) is 2. The molecule has 0 bridgehead atoms. The fourth-order valence-corrected chi connectivity index (χ4v) is 5.08. The van der Waals surface area contributed by atoms with Crippen LogP contribution in [0.1, 0.15) is 42.3 Å². The van der Waals surface area contributed by atoms with Crippen molar-refractivity contribution in [2.75, 3.05) is 6.54 Å². The number of aromatic hydroxyl groups is 2. The van der Waals surface area contributed by atoms with Crippen molar-refractivity contribution in [3.63, 3.8) is 0 Å². The molecule has 3 aromatic rings. The monoisotopic (exact) mass is 515 g/mol. The maximum absolute atomic E-state index is 13.8. The molecule has 0 saturated heterocycles. The SMILES string of the molecule is CC(=O)c1c(O)c(C)c(O)c2c1OC1=CC(=O)/C(=C(/C)NCCn3cnc4ccccc4c3=O)C(=O)[C@]12C. The van der Waals surface area contributed by atoms with E-state index in [2.05, 4.69) is 10.3 Å². The molecule has 0 spiro atoms. The zero-order valence-corrected chi connectivity index (χ0v) is 21.2. The van der Waals surface area contributed by atoms with Gasteiger partial charge in [0.2, 0.25) is 0 Å². The molecule has 1 atom stereocenters. The van der Waals surface area contributed by atoms with Crippen LogP contribution in [0.3, 0.4) is 0 Å². The van der Waals surface area contributed by atoms with Crippen LogP contribution >= 0.6 is 0 Å². The van der Waals surface area contributed by atoms with Gasteiger partial charge in [-0.25, -0.2) is 4.98 Å². The predicted molar refractivity (Wildman–Crippen MR) is 137 cm³/mol. The van der Waals surface area contributed by atoms with Crippen LogP contribution in [0.5, 0.6) is 17.2 Å². The largest absolute Gasteiger partial charge is 0.507 e. The van der Waals surface area contributed by atoms with Gasteiger partial charge in [0, 0.05) is 30.4 Å². The van der Waals surface area contributed by atoms with Gasteiger partial charge in [-0.15, -0.1) is 0 Å². The standard InChI is InChI=1S/C28H25N3O7/c1-13-23(34)21(15(3)32)25-22(24(13)35)28(4)19(38-25)11-18(33)20(26(28)36)14(2)29-9-10-31-12-30-17-8-6-5-7-16(17)27(31)37/h5-8,11-12,29,34-35H,9-10H2,1-4H3/b20-14+/t28-/m1/s1. The molecule has 10 heteroatoms. The molecular weight excluding hydrogens is 490 g/mol. The second-order valence-corrected chi connectivity index (χ2v) is 9.57. The molecule has 1 aliphatic carbocycles. The number of ketones is 3. The van der Waals surface area contributed by atoms with Gasteiger partial charge in [-0.05, 0) is 39.8 Å². The molecule has 0 saturated carbocycles. The van der Waals surface area contributed by atoms with Crippen LogP contribution in [0.2, 0.25) is 0 Å². The number of hydrogen-bond donors (Lipinski definition) is 3. The zero-order chi connectivity index (χ0) is 27.5.